The highest BCUT2D eigenvalue weighted by Gasteiger charge is 2.45. The van der Waals surface area contributed by atoms with Crippen molar-refractivity contribution in [3.63, 3.8) is 0 Å². The number of unbranched alkanes of at least 4 members (excludes halogenated alkanes) is 10. The summed E-state index contributed by atoms with van der Waals surface area (Å²) >= 11 is 37.1. The summed E-state index contributed by atoms with van der Waals surface area (Å²) in [5.74, 6) is 1.50. The van der Waals surface area contributed by atoms with Gasteiger partial charge in [-0.2, -0.15) is 0 Å². The monoisotopic (exact) mass is 458 g/mol. The molecule has 6 heteroatoms. The maximum atomic E-state index is 6.44. The van der Waals surface area contributed by atoms with Gasteiger partial charge >= 0.3 is 0 Å². The van der Waals surface area contributed by atoms with Crippen molar-refractivity contribution in [2.75, 3.05) is 11.8 Å². The Balaban J connectivity index is 3.82. The molecule has 0 nitrogen and oxygen atoms in total. The van der Waals surface area contributed by atoms with E-state index >= 15 is 0 Å². The highest BCUT2D eigenvalue weighted by atomic mass is 35.5. The van der Waals surface area contributed by atoms with Crippen LogP contribution in [0.1, 0.15) is 89.9 Å². The minimum absolute atomic E-state index is 0.633. The van der Waals surface area contributed by atoms with Crippen LogP contribution in [0.4, 0.5) is 0 Å². The maximum Gasteiger partial charge on any atom is 0.151 e. The van der Waals surface area contributed by atoms with E-state index in [0.29, 0.717) is 12.8 Å². The molecule has 0 fully saturated rings. The zero-order valence-corrected chi connectivity index (χ0v) is 19.1. The molecule has 0 atom stereocenters. The molecule has 146 valence electrons. The van der Waals surface area contributed by atoms with E-state index in [2.05, 4.69) is 0 Å². The molecular weight excluding hydrogens is 429 g/mol. The third-order valence-corrected chi connectivity index (χ3v) is 7.25. The average Bonchev–Trinajstić information content (AvgIpc) is 2.53. The number of rotatable bonds is 17. The largest absolute Gasteiger partial charge is 0.151 e. The second kappa shape index (κ2) is 15.8. The lowest BCUT2D eigenvalue weighted by Gasteiger charge is -2.33. The van der Waals surface area contributed by atoms with Crippen LogP contribution in [0.25, 0.3) is 0 Å². The lowest BCUT2D eigenvalue weighted by atomic mass is 10.0. The Morgan fingerprint density at radius 1 is 0.375 bits per heavy atom. The molecule has 0 aliphatic rings. The van der Waals surface area contributed by atoms with Gasteiger partial charge in [-0.25, -0.2) is 0 Å². The average molecular weight is 461 g/mol. The lowest BCUT2D eigenvalue weighted by Crippen LogP contribution is -2.36. The molecule has 0 bridgehead atoms. The van der Waals surface area contributed by atoms with E-state index in [9.17, 15) is 0 Å². The zero-order chi connectivity index (χ0) is 18.3. The van der Waals surface area contributed by atoms with E-state index in [4.69, 9.17) is 69.6 Å². The summed E-state index contributed by atoms with van der Waals surface area (Å²) in [6, 6.07) is 0. The van der Waals surface area contributed by atoms with E-state index in [1.54, 1.807) is 0 Å². The highest BCUT2D eigenvalue weighted by Crippen LogP contribution is 2.49. The SMILES string of the molecule is ClCCCCCCCCC(Cl)(Cl)C(Cl)(Cl)CCCCCCCCCl. The van der Waals surface area contributed by atoms with Crippen molar-refractivity contribution in [2.24, 2.45) is 0 Å². The molecule has 0 rings (SSSR count). The van der Waals surface area contributed by atoms with Crippen molar-refractivity contribution in [2.45, 2.75) is 98.6 Å². The standard InChI is InChI=1S/C18H32Cl6/c19-15-11-7-3-1-5-9-13-17(21,22)18(23,24)14-10-6-2-4-8-12-16-20/h1-16H2. The van der Waals surface area contributed by atoms with E-state index < -0.39 is 8.67 Å². The molecular formula is C18H32Cl6. The van der Waals surface area contributed by atoms with E-state index in [-0.39, 0.29) is 0 Å². The Kier molecular flexibility index (Phi) is 16.9. The molecule has 0 unspecified atom stereocenters. The van der Waals surface area contributed by atoms with Crippen LogP contribution in [-0.4, -0.2) is 20.4 Å². The van der Waals surface area contributed by atoms with Crippen molar-refractivity contribution in [1.29, 1.82) is 0 Å². The summed E-state index contributed by atoms with van der Waals surface area (Å²) in [4.78, 5) is 0. The second-order valence-electron chi connectivity index (χ2n) is 6.53. The van der Waals surface area contributed by atoms with E-state index in [1.165, 1.54) is 38.5 Å². The summed E-state index contributed by atoms with van der Waals surface area (Å²) in [5, 5.41) is 0. The number of hydrogen-bond acceptors (Lipinski definition) is 0. The molecule has 0 aliphatic carbocycles. The Labute approximate surface area is 179 Å². The molecule has 0 radical (unpaired) electrons. The van der Waals surface area contributed by atoms with Crippen LogP contribution in [0, 0.1) is 0 Å². The Morgan fingerprint density at radius 2 is 0.625 bits per heavy atom. The van der Waals surface area contributed by atoms with Crippen LogP contribution in [0.15, 0.2) is 0 Å². The van der Waals surface area contributed by atoms with Crippen LogP contribution in [-0.2, 0) is 0 Å². The Morgan fingerprint density at radius 3 is 0.917 bits per heavy atom. The first kappa shape index (κ1) is 25.7. The van der Waals surface area contributed by atoms with Gasteiger partial charge in [0.2, 0.25) is 0 Å². The van der Waals surface area contributed by atoms with Crippen molar-refractivity contribution in [1.82, 2.24) is 0 Å². The summed E-state index contributed by atoms with van der Waals surface area (Å²) in [5.41, 5.74) is 0. The lowest BCUT2D eigenvalue weighted by molar-refractivity contribution is 0.494. The van der Waals surface area contributed by atoms with Crippen molar-refractivity contribution in [3.05, 3.63) is 0 Å². The first-order valence-corrected chi connectivity index (χ1v) is 11.8. The first-order valence-electron chi connectivity index (χ1n) is 9.25. The molecule has 0 aromatic rings. The van der Waals surface area contributed by atoms with Gasteiger partial charge in [0.05, 0.1) is 0 Å². The quantitative estimate of drug-likeness (QED) is 0.150. The molecule has 24 heavy (non-hydrogen) atoms. The molecule has 0 spiro atoms. The molecule has 0 aromatic carbocycles. The molecule has 0 amide bonds. The predicted molar refractivity (Wildman–Crippen MR) is 115 cm³/mol. The normalized spacial score (nSPS) is 12.8. The van der Waals surface area contributed by atoms with Gasteiger partial charge in [0.15, 0.2) is 8.67 Å². The van der Waals surface area contributed by atoms with Gasteiger partial charge in [0, 0.05) is 11.8 Å². The highest BCUT2D eigenvalue weighted by molar-refractivity contribution is 6.62. The Hall–Kier alpha value is 1.74. The fourth-order valence-corrected chi connectivity index (χ4v) is 3.95. The maximum absolute atomic E-state index is 6.44. The second-order valence-corrected chi connectivity index (χ2v) is 10.3. The molecule has 0 aliphatic heterocycles. The molecule has 0 aromatic heterocycles. The predicted octanol–water partition coefficient (Wildman–Crippen LogP) is 9.27. The van der Waals surface area contributed by atoms with Crippen molar-refractivity contribution in [3.8, 4) is 0 Å². The topological polar surface area (TPSA) is 0 Å². The summed E-state index contributed by atoms with van der Waals surface area (Å²) in [6.07, 6.45) is 14.7. The minimum Gasteiger partial charge on any atom is -0.127 e. The van der Waals surface area contributed by atoms with E-state index in [0.717, 1.165) is 50.3 Å². The Bertz CT molecular complexity index is 253. The van der Waals surface area contributed by atoms with Crippen LogP contribution in [0.3, 0.4) is 0 Å². The number of halogens is 6. The minimum atomic E-state index is -1.08. The fraction of sp³-hybridized carbons (Fsp3) is 1.00. The molecule has 0 N–H and O–H groups in total. The van der Waals surface area contributed by atoms with Gasteiger partial charge in [-0.1, -0.05) is 111 Å². The third kappa shape index (κ3) is 13.0. The number of alkyl halides is 6. The summed E-state index contributed by atoms with van der Waals surface area (Å²) in [6.45, 7) is 0. The fourth-order valence-electron chi connectivity index (χ4n) is 2.66. The smallest absolute Gasteiger partial charge is 0.127 e. The van der Waals surface area contributed by atoms with Crippen molar-refractivity contribution >= 4 is 69.6 Å². The van der Waals surface area contributed by atoms with Gasteiger partial charge in [-0.15, -0.1) is 23.2 Å². The summed E-state index contributed by atoms with van der Waals surface area (Å²) in [7, 11) is 0. The van der Waals surface area contributed by atoms with Gasteiger partial charge in [0.1, 0.15) is 0 Å². The van der Waals surface area contributed by atoms with Gasteiger partial charge in [-0.3, -0.25) is 0 Å². The van der Waals surface area contributed by atoms with E-state index in [1.807, 2.05) is 0 Å². The molecule has 0 saturated heterocycles. The van der Waals surface area contributed by atoms with Crippen LogP contribution in [0.5, 0.6) is 0 Å². The molecule has 0 heterocycles. The van der Waals surface area contributed by atoms with Crippen molar-refractivity contribution < 1.29 is 0 Å². The number of hydrogen-bond donors (Lipinski definition) is 0. The molecule has 0 saturated carbocycles. The van der Waals surface area contributed by atoms with Crippen LogP contribution in [0.2, 0.25) is 0 Å². The third-order valence-electron chi connectivity index (χ3n) is 4.28. The van der Waals surface area contributed by atoms with Crippen LogP contribution >= 0.6 is 69.6 Å². The van der Waals surface area contributed by atoms with Crippen LogP contribution < -0.4 is 0 Å². The summed E-state index contributed by atoms with van der Waals surface area (Å²) < 4.78 is -2.16. The van der Waals surface area contributed by atoms with Gasteiger partial charge in [0.25, 0.3) is 0 Å². The first-order chi connectivity index (χ1) is 11.4. The van der Waals surface area contributed by atoms with Gasteiger partial charge in [-0.05, 0) is 25.7 Å². The zero-order valence-electron chi connectivity index (χ0n) is 14.6. The van der Waals surface area contributed by atoms with Gasteiger partial charge < -0.3 is 0 Å².